The van der Waals surface area contributed by atoms with Crippen LogP contribution in [0, 0.1) is 6.92 Å². The molecule has 0 saturated carbocycles. The van der Waals surface area contributed by atoms with Gasteiger partial charge in [-0.05, 0) is 25.1 Å². The van der Waals surface area contributed by atoms with Crippen molar-refractivity contribution in [3.05, 3.63) is 59.7 Å². The molecule has 0 fully saturated rings. The Balaban J connectivity index is 1.67. The van der Waals surface area contributed by atoms with Gasteiger partial charge in [0.05, 0.1) is 24.1 Å². The van der Waals surface area contributed by atoms with Gasteiger partial charge in [-0.15, -0.1) is 10.2 Å². The topological polar surface area (TPSA) is 86.1 Å². The third-order valence-electron chi connectivity index (χ3n) is 4.05. The lowest BCUT2D eigenvalue weighted by molar-refractivity contribution is -0.113. The zero-order valence-corrected chi connectivity index (χ0v) is 16.6. The molecule has 0 saturated heterocycles. The van der Waals surface area contributed by atoms with E-state index < -0.39 is 5.97 Å². The minimum atomic E-state index is -0.500. The molecule has 1 amide bonds. The number of ether oxygens (including phenoxy) is 1. The normalized spacial score (nSPS) is 10.5. The molecule has 0 atom stereocenters. The standard InChI is InChI=1S/C20H20N4O3S/c1-13-7-6-8-14(11-13)18-22-23-20(24(18)2)28-12-17(25)21-16-10-5-4-9-15(16)19(26)27-3/h4-11H,12H2,1-3H3,(H,21,25). The van der Waals surface area contributed by atoms with Gasteiger partial charge in [0.25, 0.3) is 0 Å². The second-order valence-corrected chi connectivity index (χ2v) is 7.05. The van der Waals surface area contributed by atoms with Crippen molar-refractivity contribution in [1.29, 1.82) is 0 Å². The Morgan fingerprint density at radius 2 is 1.93 bits per heavy atom. The third-order valence-corrected chi connectivity index (χ3v) is 5.07. The van der Waals surface area contributed by atoms with Gasteiger partial charge in [-0.3, -0.25) is 4.79 Å². The first kappa shape index (κ1) is 19.6. The molecule has 7 nitrogen and oxygen atoms in total. The summed E-state index contributed by atoms with van der Waals surface area (Å²) in [4.78, 5) is 24.1. The molecular weight excluding hydrogens is 376 g/mol. The molecule has 8 heteroatoms. The van der Waals surface area contributed by atoms with E-state index in [1.165, 1.54) is 18.9 Å². The summed E-state index contributed by atoms with van der Waals surface area (Å²) in [6.45, 7) is 2.02. The maximum Gasteiger partial charge on any atom is 0.339 e. The number of hydrogen-bond donors (Lipinski definition) is 1. The van der Waals surface area contributed by atoms with Gasteiger partial charge in [-0.2, -0.15) is 0 Å². The van der Waals surface area contributed by atoms with Crippen molar-refractivity contribution >= 4 is 29.3 Å². The van der Waals surface area contributed by atoms with Gasteiger partial charge in [-0.25, -0.2) is 4.79 Å². The highest BCUT2D eigenvalue weighted by atomic mass is 32.2. The largest absolute Gasteiger partial charge is 0.465 e. The zero-order chi connectivity index (χ0) is 20.1. The summed E-state index contributed by atoms with van der Waals surface area (Å²) >= 11 is 1.28. The van der Waals surface area contributed by atoms with Crippen LogP contribution in [0.2, 0.25) is 0 Å². The van der Waals surface area contributed by atoms with Gasteiger partial charge in [-0.1, -0.05) is 47.7 Å². The van der Waals surface area contributed by atoms with Crippen molar-refractivity contribution in [3.63, 3.8) is 0 Å². The van der Waals surface area contributed by atoms with Crippen LogP contribution in [0.25, 0.3) is 11.4 Å². The first-order chi connectivity index (χ1) is 13.5. The van der Waals surface area contributed by atoms with Crippen LogP contribution < -0.4 is 5.32 Å². The van der Waals surface area contributed by atoms with Crippen molar-refractivity contribution in [1.82, 2.24) is 14.8 Å². The molecule has 1 aromatic heterocycles. The Kier molecular flexibility index (Phi) is 6.10. The van der Waals surface area contributed by atoms with E-state index in [2.05, 4.69) is 15.5 Å². The average molecular weight is 396 g/mol. The van der Waals surface area contributed by atoms with Gasteiger partial charge < -0.3 is 14.6 Å². The Labute approximate surface area is 167 Å². The Bertz CT molecular complexity index is 1020. The average Bonchev–Trinajstić information content (AvgIpc) is 3.06. The number of nitrogens with zero attached hydrogens (tertiary/aromatic N) is 3. The quantitative estimate of drug-likeness (QED) is 0.508. The number of esters is 1. The van der Waals surface area contributed by atoms with Crippen molar-refractivity contribution in [2.24, 2.45) is 7.05 Å². The van der Waals surface area contributed by atoms with E-state index in [0.717, 1.165) is 17.0 Å². The molecule has 0 aliphatic rings. The summed E-state index contributed by atoms with van der Waals surface area (Å²) < 4.78 is 6.60. The molecule has 0 aliphatic carbocycles. The first-order valence-corrected chi connectivity index (χ1v) is 9.54. The van der Waals surface area contributed by atoms with Crippen LogP contribution in [-0.4, -0.2) is 39.5 Å². The number of methoxy groups -OCH3 is 1. The molecule has 0 unspecified atom stereocenters. The van der Waals surface area contributed by atoms with Crippen LogP contribution in [0.5, 0.6) is 0 Å². The number of benzene rings is 2. The SMILES string of the molecule is COC(=O)c1ccccc1NC(=O)CSc1nnc(-c2cccc(C)c2)n1C. The number of thioether (sulfide) groups is 1. The first-order valence-electron chi connectivity index (χ1n) is 8.56. The van der Waals surface area contributed by atoms with Crippen molar-refractivity contribution in [2.45, 2.75) is 12.1 Å². The summed E-state index contributed by atoms with van der Waals surface area (Å²) in [6, 6.07) is 14.7. The second kappa shape index (κ2) is 8.71. The van der Waals surface area contributed by atoms with Crippen LogP contribution in [-0.2, 0) is 16.6 Å². The number of rotatable bonds is 6. The number of aryl methyl sites for hydroxylation is 1. The second-order valence-electron chi connectivity index (χ2n) is 6.11. The molecule has 1 N–H and O–H groups in total. The Morgan fingerprint density at radius 1 is 1.14 bits per heavy atom. The summed E-state index contributed by atoms with van der Waals surface area (Å²) in [7, 11) is 3.17. The van der Waals surface area contributed by atoms with Crippen LogP contribution in [0.1, 0.15) is 15.9 Å². The number of carbonyl (C=O) groups is 2. The maximum absolute atomic E-state index is 12.3. The number of anilines is 1. The van der Waals surface area contributed by atoms with E-state index in [0.29, 0.717) is 16.4 Å². The molecule has 144 valence electrons. The van der Waals surface area contributed by atoms with Crippen LogP contribution in [0.3, 0.4) is 0 Å². The van der Waals surface area contributed by atoms with E-state index >= 15 is 0 Å². The van der Waals surface area contributed by atoms with Crippen molar-refractivity contribution in [2.75, 3.05) is 18.2 Å². The maximum atomic E-state index is 12.3. The van der Waals surface area contributed by atoms with Gasteiger partial charge in [0.1, 0.15) is 0 Å². The molecule has 0 radical (unpaired) electrons. The van der Waals surface area contributed by atoms with E-state index in [-0.39, 0.29) is 11.7 Å². The lowest BCUT2D eigenvalue weighted by atomic mass is 10.1. The highest BCUT2D eigenvalue weighted by molar-refractivity contribution is 7.99. The predicted octanol–water partition coefficient (Wildman–Crippen LogP) is 3.31. The molecule has 28 heavy (non-hydrogen) atoms. The molecule has 1 heterocycles. The molecular formula is C20H20N4O3S. The highest BCUT2D eigenvalue weighted by Gasteiger charge is 2.16. The van der Waals surface area contributed by atoms with Gasteiger partial charge >= 0.3 is 5.97 Å². The molecule has 2 aromatic carbocycles. The number of amides is 1. The fourth-order valence-electron chi connectivity index (χ4n) is 2.67. The van der Waals surface area contributed by atoms with E-state index in [9.17, 15) is 9.59 Å². The fourth-order valence-corrected chi connectivity index (χ4v) is 3.38. The van der Waals surface area contributed by atoms with Gasteiger partial charge in [0.2, 0.25) is 5.91 Å². The Hall–Kier alpha value is -3.13. The highest BCUT2D eigenvalue weighted by Crippen LogP contribution is 2.24. The van der Waals surface area contributed by atoms with Gasteiger partial charge in [0.15, 0.2) is 11.0 Å². The van der Waals surface area contributed by atoms with Crippen LogP contribution in [0.4, 0.5) is 5.69 Å². The number of hydrogen-bond acceptors (Lipinski definition) is 6. The number of aromatic nitrogens is 3. The smallest absolute Gasteiger partial charge is 0.339 e. The van der Waals surface area contributed by atoms with E-state index in [1.807, 2.05) is 42.8 Å². The zero-order valence-electron chi connectivity index (χ0n) is 15.8. The number of para-hydroxylation sites is 1. The van der Waals surface area contributed by atoms with E-state index in [4.69, 9.17) is 4.74 Å². The summed E-state index contributed by atoms with van der Waals surface area (Å²) in [6.07, 6.45) is 0. The fraction of sp³-hybridized carbons (Fsp3) is 0.200. The monoisotopic (exact) mass is 396 g/mol. The molecule has 3 rings (SSSR count). The minimum absolute atomic E-state index is 0.134. The lowest BCUT2D eigenvalue weighted by Gasteiger charge is -2.09. The molecule has 0 aliphatic heterocycles. The summed E-state index contributed by atoms with van der Waals surface area (Å²) in [5, 5.41) is 11.8. The minimum Gasteiger partial charge on any atom is -0.465 e. The molecule has 3 aromatic rings. The Morgan fingerprint density at radius 3 is 2.68 bits per heavy atom. The molecule has 0 spiro atoms. The van der Waals surface area contributed by atoms with Crippen molar-refractivity contribution in [3.8, 4) is 11.4 Å². The molecule has 0 bridgehead atoms. The lowest BCUT2D eigenvalue weighted by Crippen LogP contribution is -2.17. The van der Waals surface area contributed by atoms with Crippen LogP contribution >= 0.6 is 11.8 Å². The predicted molar refractivity (Wildman–Crippen MR) is 108 cm³/mol. The summed E-state index contributed by atoms with van der Waals surface area (Å²) in [5.41, 5.74) is 2.83. The van der Waals surface area contributed by atoms with Crippen molar-refractivity contribution < 1.29 is 14.3 Å². The van der Waals surface area contributed by atoms with Gasteiger partial charge in [0, 0.05) is 12.6 Å². The summed E-state index contributed by atoms with van der Waals surface area (Å²) in [5.74, 6) is 0.124. The number of carbonyl (C=O) groups excluding carboxylic acids is 2. The van der Waals surface area contributed by atoms with Crippen LogP contribution in [0.15, 0.2) is 53.7 Å². The number of nitrogens with one attached hydrogen (secondary N) is 1. The third kappa shape index (κ3) is 4.40. The van der Waals surface area contributed by atoms with E-state index in [1.54, 1.807) is 24.3 Å².